The molecule has 7 nitrogen and oxygen atoms in total. The van der Waals surface area contributed by atoms with Gasteiger partial charge in [-0.1, -0.05) is 18.2 Å². The number of amides is 3. The largest absolute Gasteiger partial charge is 0.324 e. The Bertz CT molecular complexity index is 1000. The zero-order valence-corrected chi connectivity index (χ0v) is 16.0. The van der Waals surface area contributed by atoms with Crippen LogP contribution in [0.4, 0.5) is 14.5 Å². The van der Waals surface area contributed by atoms with Crippen molar-refractivity contribution in [3.63, 3.8) is 0 Å². The van der Waals surface area contributed by atoms with Gasteiger partial charge >= 0.3 is 0 Å². The first-order chi connectivity index (χ1) is 13.8. The van der Waals surface area contributed by atoms with Crippen molar-refractivity contribution >= 4 is 40.7 Å². The minimum atomic E-state index is -1.13. The van der Waals surface area contributed by atoms with E-state index in [1.165, 1.54) is 43.4 Å². The summed E-state index contributed by atoms with van der Waals surface area (Å²) in [6.07, 6.45) is -0.388. The van der Waals surface area contributed by atoms with Gasteiger partial charge in [0.2, 0.25) is 5.91 Å². The number of hydrazine groups is 1. The molecule has 0 aromatic heterocycles. The topological polar surface area (TPSA) is 81.8 Å². The van der Waals surface area contributed by atoms with Crippen molar-refractivity contribution in [2.24, 2.45) is 0 Å². The number of nitrogens with zero attached hydrogens (tertiary/aromatic N) is 2. The van der Waals surface area contributed by atoms with Crippen LogP contribution < -0.4 is 10.7 Å². The summed E-state index contributed by atoms with van der Waals surface area (Å²) in [7, 11) is 1.40. The van der Waals surface area contributed by atoms with Gasteiger partial charge < -0.3 is 5.32 Å². The van der Waals surface area contributed by atoms with Crippen molar-refractivity contribution in [3.05, 3.63) is 65.7 Å². The smallest absolute Gasteiger partial charge is 0.269 e. The minimum absolute atomic E-state index is 0.0179. The van der Waals surface area contributed by atoms with Gasteiger partial charge in [-0.3, -0.25) is 24.7 Å². The Morgan fingerprint density at radius 3 is 2.55 bits per heavy atom. The maximum absolute atomic E-state index is 13.7. The summed E-state index contributed by atoms with van der Waals surface area (Å²) in [4.78, 5) is 38.4. The molecule has 1 aliphatic heterocycles. The third kappa shape index (κ3) is 4.37. The van der Waals surface area contributed by atoms with Gasteiger partial charge in [0.1, 0.15) is 17.7 Å². The molecule has 0 bridgehead atoms. The van der Waals surface area contributed by atoms with Crippen LogP contribution in [0.2, 0.25) is 0 Å². The normalized spacial score (nSPS) is 16.2. The molecule has 0 radical (unpaired) electrons. The molecule has 1 fully saturated rings. The Balaban J connectivity index is 1.75. The lowest BCUT2D eigenvalue weighted by Gasteiger charge is -2.24. The number of hydrogen-bond acceptors (Lipinski definition) is 4. The molecule has 0 saturated carbocycles. The number of rotatable bonds is 5. The lowest BCUT2D eigenvalue weighted by Crippen LogP contribution is -2.49. The van der Waals surface area contributed by atoms with E-state index in [0.717, 1.165) is 16.0 Å². The summed E-state index contributed by atoms with van der Waals surface area (Å²) in [6.45, 7) is 0. The second kappa shape index (κ2) is 8.31. The van der Waals surface area contributed by atoms with Crippen molar-refractivity contribution in [2.75, 3.05) is 12.4 Å². The molecule has 2 N–H and O–H groups in total. The van der Waals surface area contributed by atoms with Crippen LogP contribution in [-0.4, -0.2) is 45.8 Å². The number of nitrogens with one attached hydrogen (secondary N) is 2. The van der Waals surface area contributed by atoms with Crippen LogP contribution in [0.25, 0.3) is 0 Å². The zero-order valence-electron chi connectivity index (χ0n) is 15.2. The Labute approximate surface area is 170 Å². The minimum Gasteiger partial charge on any atom is -0.324 e. The second-order valence-electron chi connectivity index (χ2n) is 6.25. The molecule has 3 rings (SSSR count). The maximum Gasteiger partial charge on any atom is 0.269 e. The molecule has 10 heteroatoms. The highest BCUT2D eigenvalue weighted by atomic mass is 32.1. The molecule has 1 aliphatic rings. The number of carbonyl (C=O) groups is 3. The third-order valence-electron chi connectivity index (χ3n) is 4.26. The Morgan fingerprint density at radius 1 is 1.14 bits per heavy atom. The van der Waals surface area contributed by atoms with Crippen molar-refractivity contribution < 1.29 is 23.2 Å². The first kappa shape index (κ1) is 20.3. The second-order valence-corrected chi connectivity index (χ2v) is 6.61. The first-order valence-electron chi connectivity index (χ1n) is 8.49. The summed E-state index contributed by atoms with van der Waals surface area (Å²) >= 11 is 5.17. The van der Waals surface area contributed by atoms with Crippen molar-refractivity contribution in [1.82, 2.24) is 15.3 Å². The van der Waals surface area contributed by atoms with Crippen molar-refractivity contribution in [3.8, 4) is 0 Å². The first-order valence-corrected chi connectivity index (χ1v) is 8.90. The summed E-state index contributed by atoms with van der Waals surface area (Å²) in [5, 5.41) is 3.43. The summed E-state index contributed by atoms with van der Waals surface area (Å²) in [5.74, 6) is -3.08. The van der Waals surface area contributed by atoms with E-state index in [2.05, 4.69) is 10.7 Å². The molecular weight excluding hydrogens is 402 g/mol. The van der Waals surface area contributed by atoms with E-state index in [9.17, 15) is 23.2 Å². The summed E-state index contributed by atoms with van der Waals surface area (Å²) in [5.41, 5.74) is 2.42. The molecule has 1 atom stereocenters. The molecule has 29 heavy (non-hydrogen) atoms. The average molecular weight is 418 g/mol. The van der Waals surface area contributed by atoms with E-state index in [-0.39, 0.29) is 22.8 Å². The van der Waals surface area contributed by atoms with E-state index in [1.807, 2.05) is 0 Å². The fourth-order valence-electron chi connectivity index (χ4n) is 2.77. The van der Waals surface area contributed by atoms with E-state index >= 15 is 0 Å². The summed E-state index contributed by atoms with van der Waals surface area (Å²) < 4.78 is 27.1. The molecule has 1 unspecified atom stereocenters. The lowest BCUT2D eigenvalue weighted by molar-refractivity contribution is -0.130. The standard InChI is InChI=1S/C19H16F2N4O3S/c1-24-18(28)15(10-16(26)22-14-8-3-2-7-13(14)21)25(19(24)29)23-17(27)11-5-4-6-12(20)9-11/h2-9,15H,10H2,1H3,(H,22,26)(H,23,27). The SMILES string of the molecule is CN1C(=O)C(CC(=O)Nc2ccccc2F)N(NC(=O)c2cccc(F)c2)C1=S. The van der Waals surface area contributed by atoms with Crippen LogP contribution >= 0.6 is 12.2 Å². The quantitative estimate of drug-likeness (QED) is 0.727. The number of likely N-dealkylation sites (N-methyl/N-ethyl adjacent to an activating group) is 1. The number of anilines is 1. The maximum atomic E-state index is 13.7. The number of carbonyl (C=O) groups excluding carboxylic acids is 3. The van der Waals surface area contributed by atoms with E-state index < -0.39 is 35.4 Å². The van der Waals surface area contributed by atoms with Crippen LogP contribution in [0.3, 0.4) is 0 Å². The lowest BCUT2D eigenvalue weighted by atomic mass is 10.2. The molecule has 2 aromatic carbocycles. The number of halogens is 2. The molecule has 1 saturated heterocycles. The number of hydrogen-bond donors (Lipinski definition) is 2. The van der Waals surface area contributed by atoms with Crippen LogP contribution in [0.5, 0.6) is 0 Å². The highest BCUT2D eigenvalue weighted by Crippen LogP contribution is 2.20. The predicted octanol–water partition coefficient (Wildman–Crippen LogP) is 2.07. The predicted molar refractivity (Wildman–Crippen MR) is 105 cm³/mol. The van der Waals surface area contributed by atoms with Crippen LogP contribution in [-0.2, 0) is 9.59 Å². The van der Waals surface area contributed by atoms with Gasteiger partial charge in [0.05, 0.1) is 12.1 Å². The van der Waals surface area contributed by atoms with Crippen LogP contribution in [0.15, 0.2) is 48.5 Å². The molecule has 0 aliphatic carbocycles. The number of para-hydroxylation sites is 1. The van der Waals surface area contributed by atoms with Crippen LogP contribution in [0.1, 0.15) is 16.8 Å². The highest BCUT2D eigenvalue weighted by molar-refractivity contribution is 7.80. The Morgan fingerprint density at radius 2 is 1.86 bits per heavy atom. The van der Waals surface area contributed by atoms with Gasteiger partial charge in [0, 0.05) is 12.6 Å². The van der Waals surface area contributed by atoms with Gasteiger partial charge in [-0.15, -0.1) is 0 Å². The zero-order chi connectivity index (χ0) is 21.1. The van der Waals surface area contributed by atoms with Gasteiger partial charge in [-0.05, 0) is 42.5 Å². The number of thiocarbonyl (C=S) groups is 1. The average Bonchev–Trinajstić information content (AvgIpc) is 2.88. The van der Waals surface area contributed by atoms with E-state index in [0.29, 0.717) is 0 Å². The fourth-order valence-corrected chi connectivity index (χ4v) is 3.03. The van der Waals surface area contributed by atoms with Crippen molar-refractivity contribution in [2.45, 2.75) is 12.5 Å². The Kier molecular flexibility index (Phi) is 5.83. The summed E-state index contributed by atoms with van der Waals surface area (Å²) in [6, 6.07) is 9.43. The molecule has 150 valence electrons. The molecule has 2 aromatic rings. The van der Waals surface area contributed by atoms with Gasteiger partial charge in [-0.25, -0.2) is 13.8 Å². The van der Waals surface area contributed by atoms with Gasteiger partial charge in [-0.2, -0.15) is 0 Å². The van der Waals surface area contributed by atoms with Gasteiger partial charge in [0.15, 0.2) is 5.11 Å². The highest BCUT2D eigenvalue weighted by Gasteiger charge is 2.42. The Hall–Kier alpha value is -3.40. The van der Waals surface area contributed by atoms with E-state index in [4.69, 9.17) is 12.2 Å². The fraction of sp³-hybridized carbons (Fsp3) is 0.158. The number of benzene rings is 2. The molecule has 0 spiro atoms. The molecular formula is C19H16F2N4O3S. The third-order valence-corrected chi connectivity index (χ3v) is 4.73. The van der Waals surface area contributed by atoms with Crippen molar-refractivity contribution in [1.29, 1.82) is 0 Å². The van der Waals surface area contributed by atoms with Crippen LogP contribution in [0, 0.1) is 11.6 Å². The monoisotopic (exact) mass is 418 g/mol. The molecule has 3 amide bonds. The van der Waals surface area contributed by atoms with E-state index in [1.54, 1.807) is 6.07 Å². The van der Waals surface area contributed by atoms with Gasteiger partial charge in [0.25, 0.3) is 11.8 Å². The molecule has 1 heterocycles.